The Morgan fingerprint density at radius 3 is 0.966 bits per heavy atom. The van der Waals surface area contributed by atoms with Crippen LogP contribution in [-0.4, -0.2) is 26.3 Å². The van der Waals surface area contributed by atoms with Gasteiger partial charge in [0, 0.05) is 24.3 Å². The zero-order valence-corrected chi connectivity index (χ0v) is 39.0. The first kappa shape index (κ1) is 49.3. The maximum atomic E-state index is 7.08. The Kier molecular flexibility index (Phi) is 29.9. The Morgan fingerprint density at radius 1 is 0.293 bits per heavy atom. The van der Waals surface area contributed by atoms with Gasteiger partial charge in [-0.15, -0.1) is 0 Å². The van der Waals surface area contributed by atoms with Gasteiger partial charge < -0.3 is 14.4 Å². The summed E-state index contributed by atoms with van der Waals surface area (Å²) < 4.78 is 14.0. The van der Waals surface area contributed by atoms with Gasteiger partial charge in [-0.05, 0) is 63.0 Å². The van der Waals surface area contributed by atoms with Crippen molar-refractivity contribution in [3.05, 3.63) is 17.2 Å². The van der Waals surface area contributed by atoms with E-state index < -0.39 is 0 Å². The van der Waals surface area contributed by atoms with Crippen LogP contribution in [0, 0.1) is 0 Å². The zero-order valence-electron chi connectivity index (χ0n) is 39.0. The Hall–Kier alpha value is -1.38. The molecular formula is C55H99NO2. The van der Waals surface area contributed by atoms with E-state index in [0.717, 1.165) is 37.6 Å². The first-order chi connectivity index (χ1) is 28.9. The number of hydrogen-bond acceptors (Lipinski definition) is 3. The summed E-state index contributed by atoms with van der Waals surface area (Å²) in [5.74, 6) is 2.24. The van der Waals surface area contributed by atoms with E-state index in [1.165, 1.54) is 295 Å². The van der Waals surface area contributed by atoms with E-state index in [1.54, 1.807) is 11.3 Å². The summed E-state index contributed by atoms with van der Waals surface area (Å²) >= 11 is 0. The van der Waals surface area contributed by atoms with Gasteiger partial charge >= 0.3 is 0 Å². The summed E-state index contributed by atoms with van der Waals surface area (Å²) in [6.07, 6.45) is 62.4. The third-order valence-corrected chi connectivity index (χ3v) is 14.2. The third-order valence-electron chi connectivity index (χ3n) is 14.2. The van der Waals surface area contributed by atoms with Crippen LogP contribution in [0.25, 0.3) is 0 Å². The normalized spacial score (nSPS) is 23.1. The highest BCUT2D eigenvalue weighted by atomic mass is 16.5. The lowest BCUT2D eigenvalue weighted by molar-refractivity contribution is 0.256. The van der Waals surface area contributed by atoms with Gasteiger partial charge in [0.25, 0.3) is 0 Å². The monoisotopic (exact) mass is 806 g/mol. The maximum Gasteiger partial charge on any atom is 0.166 e. The van der Waals surface area contributed by atoms with Crippen molar-refractivity contribution >= 4 is 5.69 Å². The van der Waals surface area contributed by atoms with Crippen LogP contribution >= 0.6 is 0 Å². The molecule has 3 heteroatoms. The van der Waals surface area contributed by atoms with Crippen LogP contribution in [0.15, 0.2) is 6.07 Å². The van der Waals surface area contributed by atoms with Gasteiger partial charge in [-0.2, -0.15) is 0 Å². The lowest BCUT2D eigenvalue weighted by atomic mass is 9.94. The number of hydrogen-bond donors (Lipinski definition) is 0. The molecule has 3 nitrogen and oxygen atoms in total. The summed E-state index contributed by atoms with van der Waals surface area (Å²) in [4.78, 5) is 2.92. The van der Waals surface area contributed by atoms with Crippen molar-refractivity contribution in [1.82, 2.24) is 0 Å². The van der Waals surface area contributed by atoms with Gasteiger partial charge in [-0.25, -0.2) is 0 Å². The average Bonchev–Trinajstić information content (AvgIpc) is 3.23. The van der Waals surface area contributed by atoms with Crippen LogP contribution in [-0.2, 0) is 12.8 Å². The molecule has 58 heavy (non-hydrogen) atoms. The van der Waals surface area contributed by atoms with E-state index in [4.69, 9.17) is 9.47 Å². The van der Waals surface area contributed by atoms with Crippen LogP contribution in [0.3, 0.4) is 0 Å². The van der Waals surface area contributed by atoms with Crippen molar-refractivity contribution < 1.29 is 9.47 Å². The van der Waals surface area contributed by atoms with E-state index in [2.05, 4.69) is 11.0 Å². The quantitative estimate of drug-likeness (QED) is 0.261. The molecule has 3 aliphatic rings. The Bertz CT molecular complexity index is 1080. The highest BCUT2D eigenvalue weighted by molar-refractivity contribution is 5.69. The molecule has 0 saturated carbocycles. The molecule has 0 fully saturated rings. The lowest BCUT2D eigenvalue weighted by Crippen LogP contribution is -2.28. The molecule has 0 radical (unpaired) electrons. The number of benzene rings is 1. The van der Waals surface area contributed by atoms with Crippen LogP contribution in [0.5, 0.6) is 11.5 Å². The number of rotatable bonds is 0. The third kappa shape index (κ3) is 23.0. The molecule has 1 aromatic rings. The topological polar surface area (TPSA) is 21.7 Å². The maximum absolute atomic E-state index is 7.08. The Labute approximate surface area is 362 Å². The number of nitrogens with zero attached hydrogens (tertiary/aromatic N) is 1. The fourth-order valence-electron chi connectivity index (χ4n) is 10.5. The van der Waals surface area contributed by atoms with Crippen LogP contribution in [0.1, 0.15) is 287 Å². The molecule has 1 aliphatic carbocycles. The molecule has 0 atom stereocenters. The second-order valence-electron chi connectivity index (χ2n) is 19.6. The zero-order chi connectivity index (χ0) is 40.2. The lowest BCUT2D eigenvalue weighted by Gasteiger charge is -2.32. The van der Waals surface area contributed by atoms with Crippen molar-refractivity contribution in [2.45, 2.75) is 289 Å². The molecule has 0 aromatic heterocycles. The number of aryl methyl sites for hydroxylation is 1. The highest BCUT2D eigenvalue weighted by Crippen LogP contribution is 2.44. The van der Waals surface area contributed by atoms with Gasteiger partial charge in [-0.1, -0.05) is 238 Å². The van der Waals surface area contributed by atoms with Crippen molar-refractivity contribution in [2.75, 3.05) is 31.2 Å². The van der Waals surface area contributed by atoms with Gasteiger partial charge in [0.05, 0.1) is 13.2 Å². The molecule has 1 aromatic carbocycles. The van der Waals surface area contributed by atoms with Gasteiger partial charge in [0.2, 0.25) is 0 Å². The first-order valence-corrected chi connectivity index (χ1v) is 27.1. The minimum absolute atomic E-state index is 0.832. The SMILES string of the molecule is c1c2c3c(c4c1OCCCCCCCCCCCCN3CCCCCCCCCCCCO4)CCCCCCCCCCCCCCCCCCCCCCCCC2. The van der Waals surface area contributed by atoms with Crippen molar-refractivity contribution in [3.63, 3.8) is 0 Å². The second-order valence-corrected chi connectivity index (χ2v) is 19.6. The standard InChI is InChI=1S/C55H99NO2/c1-2-4-6-8-10-12-14-20-26-32-38-44-51-50-53-55-52(45-39-33-27-21-15-13-11-9-7-5-3-1)54(51)56(46-40-34-28-22-16-18-24-30-36-42-48-57-53)47-41-35-29-23-17-19-25-31-37-43-49-58-55/h50H,1-49H2. The molecule has 2 aliphatic heterocycles. The van der Waals surface area contributed by atoms with Gasteiger partial charge in [0.15, 0.2) is 11.5 Å². The smallest absolute Gasteiger partial charge is 0.166 e. The predicted octanol–water partition coefficient (Wildman–Crippen LogP) is 18.2. The molecule has 6 bridgehead atoms. The molecule has 0 N–H and O–H groups in total. The number of anilines is 1. The number of ether oxygens (including phenoxy) is 2. The fraction of sp³-hybridized carbons (Fsp3) is 0.891. The van der Waals surface area contributed by atoms with Crippen molar-refractivity contribution in [3.8, 4) is 11.5 Å². The van der Waals surface area contributed by atoms with E-state index in [9.17, 15) is 0 Å². The summed E-state index contributed by atoms with van der Waals surface area (Å²) in [5, 5.41) is 0. The first-order valence-electron chi connectivity index (χ1n) is 27.1. The molecular weight excluding hydrogens is 707 g/mol. The molecule has 4 rings (SSSR count). The van der Waals surface area contributed by atoms with Crippen molar-refractivity contribution in [2.24, 2.45) is 0 Å². The molecule has 0 spiro atoms. The molecule has 0 saturated heterocycles. The van der Waals surface area contributed by atoms with E-state index >= 15 is 0 Å². The summed E-state index contributed by atoms with van der Waals surface area (Å²) in [6.45, 7) is 4.08. The molecule has 2 heterocycles. The van der Waals surface area contributed by atoms with E-state index in [1.807, 2.05) is 0 Å². The van der Waals surface area contributed by atoms with Gasteiger partial charge in [0.1, 0.15) is 0 Å². The molecule has 0 unspecified atom stereocenters. The van der Waals surface area contributed by atoms with E-state index in [0.29, 0.717) is 0 Å². The molecule has 0 amide bonds. The Balaban J connectivity index is 1.60. The second kappa shape index (κ2) is 35.2. The Morgan fingerprint density at radius 2 is 0.586 bits per heavy atom. The van der Waals surface area contributed by atoms with E-state index in [-0.39, 0.29) is 0 Å². The van der Waals surface area contributed by atoms with Crippen LogP contribution < -0.4 is 14.4 Å². The summed E-state index contributed by atoms with van der Waals surface area (Å²) in [5.41, 5.74) is 4.72. The molecule has 336 valence electrons. The predicted molar refractivity (Wildman–Crippen MR) is 256 cm³/mol. The minimum Gasteiger partial charge on any atom is -0.490 e. The summed E-state index contributed by atoms with van der Waals surface area (Å²) in [6, 6.07) is 2.53. The largest absolute Gasteiger partial charge is 0.490 e. The van der Waals surface area contributed by atoms with Crippen molar-refractivity contribution in [1.29, 1.82) is 0 Å². The average molecular weight is 806 g/mol. The van der Waals surface area contributed by atoms with Crippen LogP contribution in [0.2, 0.25) is 0 Å². The fourth-order valence-corrected chi connectivity index (χ4v) is 10.5. The highest BCUT2D eigenvalue weighted by Gasteiger charge is 2.25. The van der Waals surface area contributed by atoms with Gasteiger partial charge in [-0.3, -0.25) is 0 Å². The minimum atomic E-state index is 0.832. The summed E-state index contributed by atoms with van der Waals surface area (Å²) in [7, 11) is 0. The van der Waals surface area contributed by atoms with Crippen LogP contribution in [0.4, 0.5) is 5.69 Å².